The predicted octanol–water partition coefficient (Wildman–Crippen LogP) is -0.457. The summed E-state index contributed by atoms with van der Waals surface area (Å²) in [6.07, 6.45) is 0. The highest BCUT2D eigenvalue weighted by atomic mass is 16.6. The number of nitrogens with one attached hydrogen (secondary N) is 1. The summed E-state index contributed by atoms with van der Waals surface area (Å²) in [7, 11) is 1.89. The van der Waals surface area contributed by atoms with E-state index in [4.69, 9.17) is 10.6 Å². The normalized spacial score (nSPS) is 10.6. The standard InChI is InChI=1S/C9H16N4O2/c1-6-8(7(2)13(3)12-6)4-11-15-5-9(10)14/h11H,4-5H2,1-3H3,(H2,10,14). The van der Waals surface area contributed by atoms with Gasteiger partial charge in [0, 0.05) is 24.8 Å². The molecule has 0 bridgehead atoms. The third-order valence-electron chi connectivity index (χ3n) is 2.22. The van der Waals surface area contributed by atoms with Crippen LogP contribution < -0.4 is 11.2 Å². The van der Waals surface area contributed by atoms with E-state index in [0.29, 0.717) is 6.54 Å². The molecule has 3 N–H and O–H groups in total. The van der Waals surface area contributed by atoms with Crippen molar-refractivity contribution in [3.05, 3.63) is 17.0 Å². The van der Waals surface area contributed by atoms with Crippen LogP contribution in [0.1, 0.15) is 17.0 Å². The summed E-state index contributed by atoms with van der Waals surface area (Å²) >= 11 is 0. The van der Waals surface area contributed by atoms with E-state index in [0.717, 1.165) is 17.0 Å². The van der Waals surface area contributed by atoms with Gasteiger partial charge < -0.3 is 5.73 Å². The molecule has 6 heteroatoms. The molecule has 0 spiro atoms. The fraction of sp³-hybridized carbons (Fsp3) is 0.556. The van der Waals surface area contributed by atoms with Gasteiger partial charge in [-0.3, -0.25) is 14.3 Å². The molecule has 0 saturated carbocycles. The number of carbonyl (C=O) groups excluding carboxylic acids is 1. The van der Waals surface area contributed by atoms with Crippen LogP contribution in [0.15, 0.2) is 0 Å². The van der Waals surface area contributed by atoms with Gasteiger partial charge >= 0.3 is 0 Å². The molecular weight excluding hydrogens is 196 g/mol. The summed E-state index contributed by atoms with van der Waals surface area (Å²) < 4.78 is 1.81. The molecule has 1 aromatic rings. The van der Waals surface area contributed by atoms with E-state index < -0.39 is 5.91 Å². The number of rotatable bonds is 5. The maximum absolute atomic E-state index is 10.4. The van der Waals surface area contributed by atoms with E-state index >= 15 is 0 Å². The van der Waals surface area contributed by atoms with Crippen molar-refractivity contribution in [3.63, 3.8) is 0 Å². The quantitative estimate of drug-likeness (QED) is 0.511. The Hall–Kier alpha value is -1.40. The Morgan fingerprint density at radius 2 is 2.27 bits per heavy atom. The van der Waals surface area contributed by atoms with Gasteiger partial charge in [0.05, 0.1) is 5.69 Å². The van der Waals surface area contributed by atoms with Gasteiger partial charge in [0.1, 0.15) is 6.61 Å². The van der Waals surface area contributed by atoms with Gasteiger partial charge in [-0.2, -0.15) is 10.6 Å². The molecule has 6 nitrogen and oxygen atoms in total. The Morgan fingerprint density at radius 3 is 2.73 bits per heavy atom. The van der Waals surface area contributed by atoms with Crippen LogP contribution in [-0.2, 0) is 23.2 Å². The van der Waals surface area contributed by atoms with Gasteiger partial charge in [-0.15, -0.1) is 0 Å². The first kappa shape index (κ1) is 11.7. The Labute approximate surface area is 88.3 Å². The number of hydrogen-bond donors (Lipinski definition) is 2. The Balaban J connectivity index is 2.47. The Morgan fingerprint density at radius 1 is 1.60 bits per heavy atom. The minimum atomic E-state index is -0.498. The van der Waals surface area contributed by atoms with Crippen LogP contribution in [0.4, 0.5) is 0 Å². The maximum atomic E-state index is 10.4. The molecule has 0 radical (unpaired) electrons. The molecule has 0 atom stereocenters. The van der Waals surface area contributed by atoms with E-state index in [9.17, 15) is 4.79 Å². The van der Waals surface area contributed by atoms with Crippen LogP contribution in [0.2, 0.25) is 0 Å². The molecule has 1 amide bonds. The summed E-state index contributed by atoms with van der Waals surface area (Å²) in [5.41, 5.74) is 10.7. The van der Waals surface area contributed by atoms with Crippen molar-refractivity contribution in [2.75, 3.05) is 6.61 Å². The van der Waals surface area contributed by atoms with Crippen LogP contribution in [0, 0.1) is 13.8 Å². The highest BCUT2D eigenvalue weighted by Gasteiger charge is 2.08. The number of primary amides is 1. The zero-order valence-corrected chi connectivity index (χ0v) is 9.20. The smallest absolute Gasteiger partial charge is 0.245 e. The van der Waals surface area contributed by atoms with E-state index in [1.807, 2.05) is 20.9 Å². The van der Waals surface area contributed by atoms with E-state index in [2.05, 4.69) is 10.6 Å². The zero-order chi connectivity index (χ0) is 11.4. The second-order valence-electron chi connectivity index (χ2n) is 3.35. The number of hydroxylamine groups is 1. The van der Waals surface area contributed by atoms with Crippen LogP contribution in [0.3, 0.4) is 0 Å². The van der Waals surface area contributed by atoms with Crippen molar-refractivity contribution < 1.29 is 9.63 Å². The average Bonchev–Trinajstić information content (AvgIpc) is 2.37. The number of carbonyl (C=O) groups is 1. The SMILES string of the molecule is Cc1nn(C)c(C)c1CNOCC(N)=O. The molecule has 1 rings (SSSR count). The molecule has 84 valence electrons. The van der Waals surface area contributed by atoms with Crippen molar-refractivity contribution in [1.82, 2.24) is 15.3 Å². The maximum Gasteiger partial charge on any atom is 0.245 e. The lowest BCUT2D eigenvalue weighted by Crippen LogP contribution is -2.24. The van der Waals surface area contributed by atoms with Gasteiger partial charge in [-0.1, -0.05) is 0 Å². The predicted molar refractivity (Wildman–Crippen MR) is 54.7 cm³/mol. The third-order valence-corrected chi connectivity index (χ3v) is 2.22. The summed E-state index contributed by atoms with van der Waals surface area (Å²) in [4.78, 5) is 15.2. The van der Waals surface area contributed by atoms with E-state index in [-0.39, 0.29) is 6.61 Å². The fourth-order valence-electron chi connectivity index (χ4n) is 1.32. The van der Waals surface area contributed by atoms with E-state index in [1.165, 1.54) is 0 Å². The van der Waals surface area contributed by atoms with Crippen LogP contribution in [0.25, 0.3) is 0 Å². The van der Waals surface area contributed by atoms with Gasteiger partial charge in [0.2, 0.25) is 5.91 Å². The van der Waals surface area contributed by atoms with Crippen molar-refractivity contribution in [2.45, 2.75) is 20.4 Å². The minimum Gasteiger partial charge on any atom is -0.368 e. The minimum absolute atomic E-state index is 0.127. The zero-order valence-electron chi connectivity index (χ0n) is 9.20. The number of aryl methyl sites for hydroxylation is 2. The van der Waals surface area contributed by atoms with Crippen molar-refractivity contribution >= 4 is 5.91 Å². The molecule has 0 unspecified atom stereocenters. The molecule has 0 aromatic carbocycles. The monoisotopic (exact) mass is 212 g/mol. The lowest BCUT2D eigenvalue weighted by Gasteiger charge is -2.04. The third kappa shape index (κ3) is 3.03. The van der Waals surface area contributed by atoms with Crippen molar-refractivity contribution in [3.8, 4) is 0 Å². The average molecular weight is 212 g/mol. The number of nitrogens with two attached hydrogens (primary N) is 1. The highest BCUT2D eigenvalue weighted by Crippen LogP contribution is 2.10. The fourth-order valence-corrected chi connectivity index (χ4v) is 1.32. The summed E-state index contributed by atoms with van der Waals surface area (Å²) in [5.74, 6) is -0.498. The second kappa shape index (κ2) is 4.90. The second-order valence-corrected chi connectivity index (χ2v) is 3.35. The Bertz CT molecular complexity index is 359. The molecule has 1 aromatic heterocycles. The summed E-state index contributed by atoms with van der Waals surface area (Å²) in [6.45, 7) is 4.29. The molecular formula is C9H16N4O2. The first-order chi connectivity index (χ1) is 7.02. The molecule has 0 saturated heterocycles. The Kier molecular flexibility index (Phi) is 3.81. The van der Waals surface area contributed by atoms with E-state index in [1.54, 1.807) is 4.68 Å². The molecule has 0 aliphatic carbocycles. The van der Waals surface area contributed by atoms with Gasteiger partial charge in [-0.05, 0) is 13.8 Å². The topological polar surface area (TPSA) is 82.2 Å². The number of aromatic nitrogens is 2. The molecule has 15 heavy (non-hydrogen) atoms. The lowest BCUT2D eigenvalue weighted by molar-refractivity contribution is -0.125. The van der Waals surface area contributed by atoms with Crippen molar-refractivity contribution in [1.29, 1.82) is 0 Å². The molecule has 1 heterocycles. The first-order valence-corrected chi connectivity index (χ1v) is 4.64. The molecule has 0 fully saturated rings. The van der Waals surface area contributed by atoms with Crippen molar-refractivity contribution in [2.24, 2.45) is 12.8 Å². The lowest BCUT2D eigenvalue weighted by atomic mass is 10.2. The van der Waals surface area contributed by atoms with Crippen LogP contribution >= 0.6 is 0 Å². The first-order valence-electron chi connectivity index (χ1n) is 4.64. The molecule has 0 aliphatic rings. The van der Waals surface area contributed by atoms with Crippen LogP contribution in [-0.4, -0.2) is 22.3 Å². The van der Waals surface area contributed by atoms with Crippen LogP contribution in [0.5, 0.6) is 0 Å². The van der Waals surface area contributed by atoms with Gasteiger partial charge in [-0.25, -0.2) is 0 Å². The number of amides is 1. The number of hydrogen-bond acceptors (Lipinski definition) is 4. The summed E-state index contributed by atoms with van der Waals surface area (Å²) in [5, 5.41) is 4.25. The van der Waals surface area contributed by atoms with Gasteiger partial charge in [0.25, 0.3) is 0 Å². The number of nitrogens with zero attached hydrogens (tertiary/aromatic N) is 2. The largest absolute Gasteiger partial charge is 0.368 e. The highest BCUT2D eigenvalue weighted by molar-refractivity contribution is 5.74. The molecule has 0 aliphatic heterocycles. The van der Waals surface area contributed by atoms with Gasteiger partial charge in [0.15, 0.2) is 0 Å². The summed E-state index contributed by atoms with van der Waals surface area (Å²) in [6, 6.07) is 0.